The van der Waals surface area contributed by atoms with Crippen molar-refractivity contribution in [3.63, 3.8) is 0 Å². The van der Waals surface area contributed by atoms with E-state index in [4.69, 9.17) is 25.4 Å². The van der Waals surface area contributed by atoms with Gasteiger partial charge in [-0.15, -0.1) is 11.6 Å². The summed E-state index contributed by atoms with van der Waals surface area (Å²) in [6.45, 7) is 9.21. The lowest BCUT2D eigenvalue weighted by molar-refractivity contribution is -0.147. The maximum absolute atomic E-state index is 12.6. The first-order valence-corrected chi connectivity index (χ1v) is 8.00. The highest BCUT2D eigenvalue weighted by Gasteiger charge is 2.46. The summed E-state index contributed by atoms with van der Waals surface area (Å²) < 4.78 is 28.2. The molecule has 18 heavy (non-hydrogen) atoms. The van der Waals surface area contributed by atoms with Crippen molar-refractivity contribution in [2.24, 2.45) is 5.41 Å². The molecule has 0 spiro atoms. The van der Waals surface area contributed by atoms with Crippen LogP contribution in [0.1, 0.15) is 34.6 Å². The molecule has 0 heterocycles. The lowest BCUT2D eigenvalue weighted by Gasteiger charge is -2.34. The average Bonchev–Trinajstić information content (AvgIpc) is 2.24. The SMILES string of the molecule is CCOP(=O)(OCC)[C@@H](OC(=O)CCl)C(C)(C)C. The van der Waals surface area contributed by atoms with E-state index in [1.54, 1.807) is 34.6 Å². The molecule has 0 aromatic rings. The van der Waals surface area contributed by atoms with E-state index in [1.165, 1.54) is 0 Å². The summed E-state index contributed by atoms with van der Waals surface area (Å²) in [7, 11) is -3.52. The lowest BCUT2D eigenvalue weighted by Crippen LogP contribution is -2.33. The highest BCUT2D eigenvalue weighted by Crippen LogP contribution is 2.58. The Labute approximate surface area is 114 Å². The van der Waals surface area contributed by atoms with Crippen molar-refractivity contribution in [3.05, 3.63) is 0 Å². The van der Waals surface area contributed by atoms with Gasteiger partial charge in [-0.25, -0.2) is 0 Å². The molecule has 0 aromatic heterocycles. The molecule has 0 rings (SSSR count). The first-order chi connectivity index (χ1) is 8.21. The van der Waals surface area contributed by atoms with Crippen molar-refractivity contribution < 1.29 is 23.1 Å². The topological polar surface area (TPSA) is 61.8 Å². The molecule has 0 radical (unpaired) electrons. The van der Waals surface area contributed by atoms with Crippen molar-refractivity contribution >= 4 is 25.2 Å². The van der Waals surface area contributed by atoms with E-state index in [2.05, 4.69) is 0 Å². The van der Waals surface area contributed by atoms with Crippen LogP contribution in [0.5, 0.6) is 0 Å². The van der Waals surface area contributed by atoms with Crippen molar-refractivity contribution in [1.82, 2.24) is 0 Å². The Morgan fingerprint density at radius 1 is 1.22 bits per heavy atom. The molecular formula is C11H22ClO5P. The standard InChI is InChI=1S/C11H22ClO5P/c1-6-15-18(14,16-7-2)10(11(3,4)5)17-9(13)8-12/h10H,6-8H2,1-5H3/t10-/m1/s1. The van der Waals surface area contributed by atoms with Crippen LogP contribution < -0.4 is 0 Å². The molecule has 0 bridgehead atoms. The van der Waals surface area contributed by atoms with E-state index in [9.17, 15) is 9.36 Å². The van der Waals surface area contributed by atoms with Gasteiger partial charge in [-0.2, -0.15) is 0 Å². The predicted octanol–water partition coefficient (Wildman–Crippen LogP) is 3.41. The summed E-state index contributed by atoms with van der Waals surface area (Å²) in [6.07, 6.45) is 0. The molecule has 7 heteroatoms. The number of alkyl halides is 1. The zero-order chi connectivity index (χ0) is 14.4. The first-order valence-electron chi connectivity index (χ1n) is 5.85. The third-order valence-electron chi connectivity index (χ3n) is 2.00. The molecule has 0 fully saturated rings. The van der Waals surface area contributed by atoms with E-state index >= 15 is 0 Å². The van der Waals surface area contributed by atoms with Crippen molar-refractivity contribution in [1.29, 1.82) is 0 Å². The zero-order valence-corrected chi connectivity index (χ0v) is 13.2. The van der Waals surface area contributed by atoms with Crippen LogP contribution in [0.2, 0.25) is 0 Å². The fraction of sp³-hybridized carbons (Fsp3) is 0.909. The summed E-state index contributed by atoms with van der Waals surface area (Å²) in [5.41, 5.74) is -0.582. The van der Waals surface area contributed by atoms with E-state index in [1.807, 2.05) is 0 Å². The molecule has 108 valence electrons. The third-order valence-corrected chi connectivity index (χ3v) is 4.91. The third kappa shape index (κ3) is 5.27. The summed E-state index contributed by atoms with van der Waals surface area (Å²) in [5.74, 6) is -1.92. The van der Waals surface area contributed by atoms with Gasteiger partial charge < -0.3 is 13.8 Å². The van der Waals surface area contributed by atoms with Crippen LogP contribution in [0.15, 0.2) is 0 Å². The number of halogens is 1. The molecule has 1 atom stereocenters. The Kier molecular flexibility index (Phi) is 7.45. The van der Waals surface area contributed by atoms with Gasteiger partial charge in [-0.05, 0) is 13.8 Å². The monoisotopic (exact) mass is 300 g/mol. The Morgan fingerprint density at radius 3 is 1.94 bits per heavy atom. The molecule has 0 saturated carbocycles. The normalized spacial score (nSPS) is 14.3. The highest BCUT2D eigenvalue weighted by molar-refractivity contribution is 7.54. The van der Waals surface area contributed by atoms with E-state index in [-0.39, 0.29) is 19.1 Å². The summed E-state index contributed by atoms with van der Waals surface area (Å²) in [5, 5.41) is 0. The molecular weight excluding hydrogens is 279 g/mol. The first kappa shape index (κ1) is 17.9. The second-order valence-corrected chi connectivity index (χ2v) is 7.05. The maximum atomic E-state index is 12.6. The summed E-state index contributed by atoms with van der Waals surface area (Å²) in [6, 6.07) is 0. The average molecular weight is 301 g/mol. The number of esters is 1. The summed E-state index contributed by atoms with van der Waals surface area (Å²) in [4.78, 5) is 11.3. The number of rotatable bonds is 7. The van der Waals surface area contributed by atoms with Gasteiger partial charge in [0.1, 0.15) is 5.88 Å². The van der Waals surface area contributed by atoms with Crippen LogP contribution in [0.4, 0.5) is 0 Å². The summed E-state index contributed by atoms with van der Waals surface area (Å²) >= 11 is 5.40. The smallest absolute Gasteiger partial charge is 0.371 e. The fourth-order valence-corrected chi connectivity index (χ4v) is 3.73. The predicted molar refractivity (Wildman–Crippen MR) is 70.9 cm³/mol. The second-order valence-electron chi connectivity index (χ2n) is 4.72. The Morgan fingerprint density at radius 2 is 1.67 bits per heavy atom. The van der Waals surface area contributed by atoms with Gasteiger partial charge in [-0.1, -0.05) is 20.8 Å². The van der Waals surface area contributed by atoms with E-state index in [0.717, 1.165) is 0 Å². The van der Waals surface area contributed by atoms with Crippen LogP contribution in [0.3, 0.4) is 0 Å². The van der Waals surface area contributed by atoms with Gasteiger partial charge in [0.2, 0.25) is 5.85 Å². The molecule has 0 aliphatic carbocycles. The number of hydrogen-bond donors (Lipinski definition) is 0. The minimum atomic E-state index is -3.52. The van der Waals surface area contributed by atoms with Crippen LogP contribution >= 0.6 is 19.2 Å². The Bertz CT molecular complexity index is 303. The van der Waals surface area contributed by atoms with Crippen LogP contribution in [0.25, 0.3) is 0 Å². The maximum Gasteiger partial charge on any atom is 0.371 e. The van der Waals surface area contributed by atoms with Crippen LogP contribution in [-0.4, -0.2) is 30.9 Å². The van der Waals surface area contributed by atoms with Crippen molar-refractivity contribution in [2.45, 2.75) is 40.5 Å². The van der Waals surface area contributed by atoms with Crippen molar-refractivity contribution in [3.8, 4) is 0 Å². The Balaban J connectivity index is 5.24. The van der Waals surface area contributed by atoms with Gasteiger partial charge in [0.15, 0.2) is 0 Å². The zero-order valence-electron chi connectivity index (χ0n) is 11.6. The van der Waals surface area contributed by atoms with Gasteiger partial charge in [0, 0.05) is 5.41 Å². The highest BCUT2D eigenvalue weighted by atomic mass is 35.5. The number of carbonyl (C=O) groups excluding carboxylic acids is 1. The van der Waals surface area contributed by atoms with Crippen molar-refractivity contribution in [2.75, 3.05) is 19.1 Å². The molecule has 0 amide bonds. The number of carbonyl (C=O) groups is 1. The molecule has 0 saturated heterocycles. The quantitative estimate of drug-likeness (QED) is 0.409. The van der Waals surface area contributed by atoms with Crippen LogP contribution in [0, 0.1) is 5.41 Å². The molecule has 5 nitrogen and oxygen atoms in total. The lowest BCUT2D eigenvalue weighted by atomic mass is 9.98. The molecule has 0 N–H and O–H groups in total. The minimum Gasteiger partial charge on any atom is -0.448 e. The fourth-order valence-electron chi connectivity index (χ4n) is 1.40. The molecule has 0 unspecified atom stereocenters. The van der Waals surface area contributed by atoms with Crippen LogP contribution in [-0.2, 0) is 23.1 Å². The van der Waals surface area contributed by atoms with E-state index < -0.39 is 24.8 Å². The Hall–Kier alpha value is -0.0900. The van der Waals surface area contributed by atoms with Gasteiger partial charge in [0.05, 0.1) is 13.2 Å². The molecule has 0 aliphatic heterocycles. The largest absolute Gasteiger partial charge is 0.448 e. The minimum absolute atomic E-state index is 0.211. The molecule has 0 aromatic carbocycles. The van der Waals surface area contributed by atoms with E-state index in [0.29, 0.717) is 0 Å². The number of hydrogen-bond acceptors (Lipinski definition) is 5. The van der Waals surface area contributed by atoms with Gasteiger partial charge in [-0.3, -0.25) is 9.36 Å². The van der Waals surface area contributed by atoms with Gasteiger partial charge in [0.25, 0.3) is 0 Å². The van der Waals surface area contributed by atoms with Gasteiger partial charge >= 0.3 is 13.6 Å². The molecule has 0 aliphatic rings. The number of ether oxygens (including phenoxy) is 1. The second kappa shape index (κ2) is 7.49.